The van der Waals surface area contributed by atoms with Crippen LogP contribution in [0.5, 0.6) is 0 Å². The molecule has 0 atom stereocenters. The lowest BCUT2D eigenvalue weighted by molar-refractivity contribution is 0.0526. The molecule has 7 heteroatoms. The number of rotatable bonds is 6. The Labute approximate surface area is 180 Å². The molecule has 31 heavy (non-hydrogen) atoms. The van der Waals surface area contributed by atoms with Crippen LogP contribution >= 0.6 is 0 Å². The van der Waals surface area contributed by atoms with E-state index in [-0.39, 0.29) is 5.97 Å². The fourth-order valence-corrected chi connectivity index (χ4v) is 3.49. The van der Waals surface area contributed by atoms with Crippen LogP contribution in [-0.2, 0) is 4.74 Å². The second kappa shape index (κ2) is 8.79. The average Bonchev–Trinajstić information content (AvgIpc) is 3.37. The topological polar surface area (TPSA) is 74.3 Å². The molecule has 0 unspecified atom stereocenters. The Hall–Kier alpha value is -4.00. The molecule has 0 aliphatic heterocycles. The van der Waals surface area contributed by atoms with E-state index >= 15 is 0 Å². The third kappa shape index (κ3) is 4.16. The smallest absolute Gasteiger partial charge is 0.338 e. The van der Waals surface area contributed by atoms with Crippen molar-refractivity contribution in [2.24, 2.45) is 5.10 Å². The van der Waals surface area contributed by atoms with Gasteiger partial charge in [-0.2, -0.15) is 9.78 Å². The SMILES string of the molecule is CCOC(=O)c1ccc(-n2c(C)cc(/C=N\n3cnnc3-c3ccccc3)c2C)cc1. The number of hydrogen-bond acceptors (Lipinski definition) is 5. The summed E-state index contributed by atoms with van der Waals surface area (Å²) in [6.45, 7) is 6.23. The molecule has 0 aliphatic rings. The minimum absolute atomic E-state index is 0.314. The maximum Gasteiger partial charge on any atom is 0.338 e. The number of carbonyl (C=O) groups excluding carboxylic acids is 1. The van der Waals surface area contributed by atoms with Crippen LogP contribution in [0.4, 0.5) is 0 Å². The summed E-state index contributed by atoms with van der Waals surface area (Å²) in [6, 6.07) is 19.3. The molecule has 4 aromatic rings. The Morgan fingerprint density at radius 1 is 1.10 bits per heavy atom. The van der Waals surface area contributed by atoms with Crippen molar-refractivity contribution in [2.75, 3.05) is 6.61 Å². The van der Waals surface area contributed by atoms with Gasteiger partial charge in [0.1, 0.15) is 6.33 Å². The molecule has 0 radical (unpaired) electrons. The van der Waals surface area contributed by atoms with Gasteiger partial charge in [0, 0.05) is 28.2 Å². The van der Waals surface area contributed by atoms with Crippen LogP contribution in [0.1, 0.15) is 34.2 Å². The summed E-state index contributed by atoms with van der Waals surface area (Å²) in [5.74, 6) is 0.367. The van der Waals surface area contributed by atoms with Gasteiger partial charge in [0.15, 0.2) is 5.82 Å². The first-order valence-corrected chi connectivity index (χ1v) is 10.0. The van der Waals surface area contributed by atoms with Crippen molar-refractivity contribution in [3.63, 3.8) is 0 Å². The van der Waals surface area contributed by atoms with E-state index in [2.05, 4.69) is 25.9 Å². The fraction of sp³-hybridized carbons (Fsp3) is 0.167. The molecule has 2 aromatic carbocycles. The average molecular weight is 413 g/mol. The third-order valence-corrected chi connectivity index (χ3v) is 4.99. The highest BCUT2D eigenvalue weighted by molar-refractivity contribution is 5.89. The van der Waals surface area contributed by atoms with E-state index in [9.17, 15) is 4.79 Å². The number of carbonyl (C=O) groups is 1. The summed E-state index contributed by atoms with van der Waals surface area (Å²) >= 11 is 0. The van der Waals surface area contributed by atoms with Crippen molar-refractivity contribution in [3.8, 4) is 17.1 Å². The molecular weight excluding hydrogens is 390 g/mol. The quantitative estimate of drug-likeness (QED) is 0.347. The summed E-state index contributed by atoms with van der Waals surface area (Å²) in [7, 11) is 0. The van der Waals surface area contributed by atoms with Crippen LogP contribution in [-0.4, -0.2) is 38.2 Å². The molecule has 0 aliphatic carbocycles. The van der Waals surface area contributed by atoms with Crippen molar-refractivity contribution in [2.45, 2.75) is 20.8 Å². The van der Waals surface area contributed by atoms with E-state index in [0.29, 0.717) is 18.0 Å². The molecule has 0 N–H and O–H groups in total. The number of hydrogen-bond donors (Lipinski definition) is 0. The van der Waals surface area contributed by atoms with Crippen molar-refractivity contribution >= 4 is 12.2 Å². The lowest BCUT2D eigenvalue weighted by Crippen LogP contribution is -2.05. The highest BCUT2D eigenvalue weighted by Crippen LogP contribution is 2.21. The first-order valence-electron chi connectivity index (χ1n) is 10.0. The second-order valence-corrected chi connectivity index (χ2v) is 7.04. The molecule has 2 heterocycles. The minimum atomic E-state index is -0.314. The van der Waals surface area contributed by atoms with Gasteiger partial charge >= 0.3 is 5.97 Å². The van der Waals surface area contributed by atoms with Crippen molar-refractivity contribution in [3.05, 3.63) is 89.5 Å². The zero-order valence-corrected chi connectivity index (χ0v) is 17.7. The van der Waals surface area contributed by atoms with Crippen LogP contribution in [0.15, 0.2) is 72.1 Å². The van der Waals surface area contributed by atoms with Gasteiger partial charge in [0.25, 0.3) is 0 Å². The van der Waals surface area contributed by atoms with Crippen LogP contribution in [0, 0.1) is 13.8 Å². The predicted molar refractivity (Wildman–Crippen MR) is 120 cm³/mol. The summed E-state index contributed by atoms with van der Waals surface area (Å²) in [5, 5.41) is 12.8. The summed E-state index contributed by atoms with van der Waals surface area (Å²) in [6.07, 6.45) is 3.40. The fourth-order valence-electron chi connectivity index (χ4n) is 3.49. The van der Waals surface area contributed by atoms with Gasteiger partial charge in [-0.25, -0.2) is 4.79 Å². The van der Waals surface area contributed by atoms with Crippen LogP contribution in [0.3, 0.4) is 0 Å². The lowest BCUT2D eigenvalue weighted by Gasteiger charge is -2.10. The van der Waals surface area contributed by atoms with Crippen LogP contribution in [0.2, 0.25) is 0 Å². The molecule has 4 rings (SSSR count). The largest absolute Gasteiger partial charge is 0.462 e. The van der Waals surface area contributed by atoms with Crippen molar-refractivity contribution in [1.29, 1.82) is 0 Å². The van der Waals surface area contributed by atoms with Gasteiger partial charge in [-0.3, -0.25) is 0 Å². The van der Waals surface area contributed by atoms with E-state index in [1.54, 1.807) is 30.1 Å². The van der Waals surface area contributed by atoms with E-state index in [1.807, 2.05) is 62.5 Å². The summed E-state index contributed by atoms with van der Waals surface area (Å²) in [4.78, 5) is 11.9. The van der Waals surface area contributed by atoms with Crippen LogP contribution in [0.25, 0.3) is 17.1 Å². The minimum Gasteiger partial charge on any atom is -0.462 e. The van der Waals surface area contributed by atoms with Crippen molar-refractivity contribution < 1.29 is 9.53 Å². The van der Waals surface area contributed by atoms with Gasteiger partial charge in [0.05, 0.1) is 18.4 Å². The molecule has 0 saturated heterocycles. The Kier molecular flexibility index (Phi) is 5.75. The molecule has 0 saturated carbocycles. The monoisotopic (exact) mass is 413 g/mol. The summed E-state index contributed by atoms with van der Waals surface area (Å²) in [5.41, 5.74) is 5.55. The zero-order valence-electron chi connectivity index (χ0n) is 17.7. The van der Waals surface area contributed by atoms with E-state index in [0.717, 1.165) is 28.2 Å². The highest BCUT2D eigenvalue weighted by Gasteiger charge is 2.12. The Bertz CT molecular complexity index is 1220. The van der Waals surface area contributed by atoms with Gasteiger partial charge in [-0.1, -0.05) is 30.3 Å². The molecule has 0 bridgehead atoms. The number of aromatic nitrogens is 4. The normalized spacial score (nSPS) is 11.2. The molecule has 156 valence electrons. The first-order chi connectivity index (χ1) is 15.1. The number of ether oxygens (including phenoxy) is 1. The zero-order chi connectivity index (χ0) is 21.8. The van der Waals surface area contributed by atoms with E-state index in [4.69, 9.17) is 4.74 Å². The molecule has 7 nitrogen and oxygen atoms in total. The molecule has 0 fully saturated rings. The van der Waals surface area contributed by atoms with Gasteiger partial charge < -0.3 is 9.30 Å². The second-order valence-electron chi connectivity index (χ2n) is 7.04. The highest BCUT2D eigenvalue weighted by atomic mass is 16.5. The Morgan fingerprint density at radius 2 is 1.84 bits per heavy atom. The standard InChI is InChI=1S/C24H23N5O2/c1-4-31-24(30)20-10-12-22(13-11-20)29-17(2)14-21(18(29)3)15-26-28-16-25-27-23(28)19-8-6-5-7-9-19/h5-16H,4H2,1-3H3/b26-15-. The molecule has 0 spiro atoms. The first kappa shape index (κ1) is 20.3. The maximum absolute atomic E-state index is 11.9. The maximum atomic E-state index is 11.9. The Balaban J connectivity index is 1.61. The van der Waals surface area contributed by atoms with Gasteiger partial charge in [0.2, 0.25) is 0 Å². The summed E-state index contributed by atoms with van der Waals surface area (Å²) < 4.78 is 8.85. The molecule has 2 aromatic heterocycles. The number of aryl methyl sites for hydroxylation is 1. The van der Waals surface area contributed by atoms with E-state index < -0.39 is 0 Å². The lowest BCUT2D eigenvalue weighted by atomic mass is 10.2. The third-order valence-electron chi connectivity index (χ3n) is 4.99. The molecule has 0 amide bonds. The van der Waals surface area contributed by atoms with E-state index in [1.165, 1.54) is 0 Å². The Morgan fingerprint density at radius 3 is 2.55 bits per heavy atom. The number of esters is 1. The number of benzene rings is 2. The van der Waals surface area contributed by atoms with Crippen LogP contribution < -0.4 is 0 Å². The number of nitrogens with zero attached hydrogens (tertiary/aromatic N) is 5. The van der Waals surface area contributed by atoms with Crippen molar-refractivity contribution in [1.82, 2.24) is 19.4 Å². The predicted octanol–water partition coefficient (Wildman–Crippen LogP) is 4.41. The van der Waals surface area contributed by atoms with Gasteiger partial charge in [-0.05, 0) is 51.1 Å². The molecular formula is C24H23N5O2. The van der Waals surface area contributed by atoms with Gasteiger partial charge in [-0.15, -0.1) is 10.2 Å².